The lowest BCUT2D eigenvalue weighted by Gasteiger charge is -2.14. The normalized spacial score (nSPS) is 11.9. The van der Waals surface area contributed by atoms with Crippen molar-refractivity contribution in [2.24, 2.45) is 0 Å². The van der Waals surface area contributed by atoms with Crippen LogP contribution >= 0.6 is 34.0 Å². The first kappa shape index (κ1) is 70.5. The zero-order valence-electron chi connectivity index (χ0n) is 65.7. The first-order valence-electron chi connectivity index (χ1n) is 41.2. The van der Waals surface area contributed by atoms with Crippen LogP contribution in [0.25, 0.3) is 260 Å². The van der Waals surface area contributed by atoms with Crippen molar-refractivity contribution < 1.29 is 8.83 Å². The molecule has 0 atom stereocenters. The van der Waals surface area contributed by atoms with E-state index in [9.17, 15) is 0 Å². The molecule has 11 heteroatoms. The fourth-order valence-corrected chi connectivity index (χ4v) is 21.6. The SMILES string of the molecule is c1ccc(-c2nc(-c3ccc(-c4cc5c(-c6ccccc6)nc6ccccc6c5c5c4oc4ccccc45)cc3)cc(-c3ccc4sc5ccccc5c4c3)n2)cc1.c1ccc(-c2nc3ccccc3c3c2cc(-c2ccc(-c4cc(-c5ccc6sc7ccccc7c6c5)nc(-c5ccc6sc7ccccc7c6c5)n4)cc2)c2oc4ccccc4c23)cc1. The molecule has 0 bridgehead atoms. The number of thiophene rings is 3. The molecule has 0 fully saturated rings. The van der Waals surface area contributed by atoms with E-state index in [1.54, 1.807) is 0 Å². The van der Waals surface area contributed by atoms with Gasteiger partial charge in [0, 0.05) is 170 Å². The third-order valence-electron chi connectivity index (χ3n) is 24.2. The lowest BCUT2D eigenvalue weighted by atomic mass is 9.91. The van der Waals surface area contributed by atoms with E-state index in [1.807, 2.05) is 64.3 Å². The van der Waals surface area contributed by atoms with Gasteiger partial charge in [-0.05, 0) is 120 Å². The van der Waals surface area contributed by atoms with Crippen LogP contribution in [0.15, 0.2) is 397 Å². The molecule has 572 valence electrons. The van der Waals surface area contributed by atoms with E-state index in [4.69, 9.17) is 38.7 Å². The molecular formula is C112H64N6O2S3. The maximum Gasteiger partial charge on any atom is 0.160 e. The highest BCUT2D eigenvalue weighted by Crippen LogP contribution is 2.50. The molecule has 0 saturated carbocycles. The number of furan rings is 2. The summed E-state index contributed by atoms with van der Waals surface area (Å²) in [7, 11) is 0. The van der Waals surface area contributed by atoms with Gasteiger partial charge in [-0.2, -0.15) is 0 Å². The van der Waals surface area contributed by atoms with Gasteiger partial charge >= 0.3 is 0 Å². The maximum absolute atomic E-state index is 6.85. The predicted octanol–water partition coefficient (Wildman–Crippen LogP) is 31.9. The lowest BCUT2D eigenvalue weighted by Crippen LogP contribution is -1.96. The van der Waals surface area contributed by atoms with E-state index in [-0.39, 0.29) is 0 Å². The van der Waals surface area contributed by atoms with Gasteiger partial charge in [0.1, 0.15) is 22.3 Å². The molecule has 0 N–H and O–H groups in total. The molecule has 9 aromatic heterocycles. The van der Waals surface area contributed by atoms with Gasteiger partial charge in [-0.25, -0.2) is 29.9 Å². The standard InChI is InChI=1S/C59H33N3OS2.C53H31N3OS/c1-2-12-36(13-3-1)57-46-32-43(58-56(42-17-5-9-19-50(42)63-58)55(46)41-16-4-8-18-47(41)60-57)34-22-24-35(25-23-34)48-33-49(37-26-28-53-44(30-37)39-14-6-10-20-51(39)64-53)62-59(61-48)38-27-29-54-45(31-38)40-15-7-11-21-52(40)65-54;1-3-13-34(14-4-1)51-42-30-40(52-50(39-19-8-11-21-46(39)57-52)49(42)38-18-7-10-20-43(38)54-51)32-23-25-33(26-24-32)44-31-45(56-53(55-44)35-15-5-2-6-16-35)36-27-28-48-41(29-36)37-17-9-12-22-47(37)58-48/h1-33H;1-31H. The summed E-state index contributed by atoms with van der Waals surface area (Å²) in [6.45, 7) is 0. The zero-order chi connectivity index (χ0) is 80.7. The van der Waals surface area contributed by atoms with Crippen molar-refractivity contribution in [1.82, 2.24) is 29.9 Å². The molecular weight excluding hydrogens is 1560 g/mol. The van der Waals surface area contributed by atoms with Crippen molar-refractivity contribution in [3.63, 3.8) is 0 Å². The fourth-order valence-electron chi connectivity index (χ4n) is 18.3. The number of aromatic nitrogens is 6. The highest BCUT2D eigenvalue weighted by atomic mass is 32.1. The van der Waals surface area contributed by atoms with Crippen molar-refractivity contribution in [1.29, 1.82) is 0 Å². The minimum Gasteiger partial charge on any atom is -0.455 e. The monoisotopic (exact) mass is 1620 g/mol. The Morgan fingerprint density at radius 3 is 0.894 bits per heavy atom. The maximum atomic E-state index is 6.85. The Morgan fingerprint density at radius 2 is 0.480 bits per heavy atom. The molecule has 17 aromatic carbocycles. The average Bonchev–Trinajstić information content (AvgIpc) is 1.70. The van der Waals surface area contributed by atoms with Crippen molar-refractivity contribution in [2.45, 2.75) is 0 Å². The van der Waals surface area contributed by atoms with E-state index in [0.29, 0.717) is 11.6 Å². The second-order valence-corrected chi connectivity index (χ2v) is 34.6. The number of nitrogens with zero attached hydrogens (tertiary/aromatic N) is 6. The third kappa shape index (κ3) is 11.9. The Hall–Kier alpha value is -15.5. The smallest absolute Gasteiger partial charge is 0.160 e. The van der Waals surface area contributed by atoms with Crippen molar-refractivity contribution >= 4 is 182 Å². The average molecular weight is 1620 g/mol. The molecule has 0 amide bonds. The van der Waals surface area contributed by atoms with Crippen LogP contribution in [-0.2, 0) is 0 Å². The summed E-state index contributed by atoms with van der Waals surface area (Å²) < 4.78 is 21.3. The van der Waals surface area contributed by atoms with Gasteiger partial charge in [0.15, 0.2) is 11.6 Å². The van der Waals surface area contributed by atoms with Crippen LogP contribution in [0.1, 0.15) is 0 Å². The van der Waals surface area contributed by atoms with E-state index < -0.39 is 0 Å². The molecule has 123 heavy (non-hydrogen) atoms. The predicted molar refractivity (Wildman–Crippen MR) is 517 cm³/mol. The molecule has 0 radical (unpaired) electrons. The van der Waals surface area contributed by atoms with Crippen molar-refractivity contribution in [2.75, 3.05) is 0 Å². The Bertz CT molecular complexity index is 8690. The van der Waals surface area contributed by atoms with Crippen LogP contribution in [0.4, 0.5) is 0 Å². The van der Waals surface area contributed by atoms with Crippen LogP contribution < -0.4 is 0 Å². The number of hydrogen-bond acceptors (Lipinski definition) is 11. The van der Waals surface area contributed by atoms with Gasteiger partial charge < -0.3 is 8.83 Å². The molecule has 0 spiro atoms. The van der Waals surface area contributed by atoms with Gasteiger partial charge in [-0.3, -0.25) is 0 Å². The molecule has 8 nitrogen and oxygen atoms in total. The first-order valence-corrected chi connectivity index (χ1v) is 43.6. The number of benzene rings is 17. The van der Waals surface area contributed by atoms with Crippen LogP contribution in [0.5, 0.6) is 0 Å². The second kappa shape index (κ2) is 28.6. The highest BCUT2D eigenvalue weighted by molar-refractivity contribution is 7.26. The van der Waals surface area contributed by atoms with Crippen LogP contribution in [0, 0.1) is 0 Å². The van der Waals surface area contributed by atoms with E-state index in [0.717, 1.165) is 188 Å². The quantitative estimate of drug-likeness (QED) is 0.125. The number of fused-ring (bicyclic) bond motifs is 23. The van der Waals surface area contributed by atoms with E-state index >= 15 is 0 Å². The summed E-state index contributed by atoms with van der Waals surface area (Å²) in [4.78, 5) is 31.6. The van der Waals surface area contributed by atoms with Gasteiger partial charge in [0.25, 0.3) is 0 Å². The minimum absolute atomic E-state index is 0.694. The fraction of sp³-hybridized carbons (Fsp3) is 0. The topological polar surface area (TPSA) is 104 Å². The van der Waals surface area contributed by atoms with Crippen LogP contribution in [0.3, 0.4) is 0 Å². The zero-order valence-corrected chi connectivity index (χ0v) is 68.1. The Labute approximate surface area is 715 Å². The molecule has 0 aliphatic rings. The van der Waals surface area contributed by atoms with Gasteiger partial charge in [-0.1, -0.05) is 279 Å². The number of pyridine rings is 2. The number of para-hydroxylation sites is 4. The van der Waals surface area contributed by atoms with Gasteiger partial charge in [0.2, 0.25) is 0 Å². The summed E-state index contributed by atoms with van der Waals surface area (Å²) in [5, 5.41) is 18.6. The highest BCUT2D eigenvalue weighted by Gasteiger charge is 2.26. The summed E-state index contributed by atoms with van der Waals surface area (Å²) in [5.41, 5.74) is 23.1. The molecule has 9 heterocycles. The summed E-state index contributed by atoms with van der Waals surface area (Å²) >= 11 is 5.47. The Kier molecular flexibility index (Phi) is 16.4. The molecule has 0 saturated heterocycles. The van der Waals surface area contributed by atoms with Crippen molar-refractivity contribution in [3.8, 4) is 113 Å². The molecule has 26 aromatic rings. The summed E-state index contributed by atoms with van der Waals surface area (Å²) in [5.74, 6) is 1.39. The molecule has 26 rings (SSSR count). The van der Waals surface area contributed by atoms with Gasteiger partial charge in [-0.15, -0.1) is 34.0 Å². The van der Waals surface area contributed by atoms with E-state index in [2.05, 4.69) is 358 Å². The van der Waals surface area contributed by atoms with Crippen LogP contribution in [-0.4, -0.2) is 29.9 Å². The number of hydrogen-bond donors (Lipinski definition) is 0. The summed E-state index contributed by atoms with van der Waals surface area (Å²) in [6, 6.07) is 137. The third-order valence-corrected chi connectivity index (χ3v) is 27.6. The molecule has 0 unspecified atom stereocenters. The van der Waals surface area contributed by atoms with Crippen molar-refractivity contribution in [3.05, 3.63) is 388 Å². The molecule has 0 aliphatic heterocycles. The second-order valence-electron chi connectivity index (χ2n) is 31.4. The first-order chi connectivity index (χ1) is 60.9. The molecule has 0 aliphatic carbocycles. The number of rotatable bonds is 10. The van der Waals surface area contributed by atoms with E-state index in [1.165, 1.54) is 60.5 Å². The Morgan fingerprint density at radius 1 is 0.179 bits per heavy atom. The minimum atomic E-state index is 0.694. The largest absolute Gasteiger partial charge is 0.455 e. The summed E-state index contributed by atoms with van der Waals surface area (Å²) in [6.07, 6.45) is 0. The van der Waals surface area contributed by atoms with Gasteiger partial charge in [0.05, 0.1) is 45.2 Å². The lowest BCUT2D eigenvalue weighted by molar-refractivity contribution is 0.670. The Balaban J connectivity index is 0.000000136. The van der Waals surface area contributed by atoms with Crippen LogP contribution in [0.2, 0.25) is 0 Å².